The Labute approximate surface area is 166 Å². The molecule has 0 aliphatic rings. The number of halogens is 1. The Morgan fingerprint density at radius 3 is 2.25 bits per heavy atom. The number of hydrogen-bond acceptors (Lipinski definition) is 4. The Morgan fingerprint density at radius 1 is 1.11 bits per heavy atom. The number of hydrogen-bond donors (Lipinski definition) is 0. The van der Waals surface area contributed by atoms with Crippen LogP contribution in [0.1, 0.15) is 22.2 Å². The molecule has 0 aliphatic carbocycles. The third kappa shape index (κ3) is 3.99. The van der Waals surface area contributed by atoms with Crippen LogP contribution in [-0.4, -0.2) is 24.7 Å². The van der Waals surface area contributed by atoms with Gasteiger partial charge in [-0.05, 0) is 48.4 Å². The maximum absolute atomic E-state index is 13.3. The third-order valence-electron chi connectivity index (χ3n) is 4.34. The molecule has 28 heavy (non-hydrogen) atoms. The van der Waals surface area contributed by atoms with Crippen molar-refractivity contribution in [3.63, 3.8) is 0 Å². The fourth-order valence-electron chi connectivity index (χ4n) is 2.89. The van der Waals surface area contributed by atoms with Crippen LogP contribution < -0.4 is 14.3 Å². The molecule has 0 N–H and O–H groups in total. The molecule has 0 radical (unpaired) electrons. The normalized spacial score (nSPS) is 11.5. The molecule has 1 amide bonds. The van der Waals surface area contributed by atoms with Gasteiger partial charge in [-0.3, -0.25) is 4.79 Å². The van der Waals surface area contributed by atoms with Crippen molar-refractivity contribution in [2.75, 3.05) is 14.2 Å². The summed E-state index contributed by atoms with van der Waals surface area (Å²) in [4.78, 5) is 18.7. The number of amides is 1. The van der Waals surface area contributed by atoms with Gasteiger partial charge >= 0.3 is 0 Å². The molecule has 1 aromatic heterocycles. The first-order valence-corrected chi connectivity index (χ1v) is 9.55. The van der Waals surface area contributed by atoms with Gasteiger partial charge in [-0.1, -0.05) is 6.92 Å². The number of thiazole rings is 1. The molecule has 0 bridgehead atoms. The van der Waals surface area contributed by atoms with E-state index < -0.39 is 0 Å². The van der Waals surface area contributed by atoms with Gasteiger partial charge in [0.25, 0.3) is 5.91 Å². The largest absolute Gasteiger partial charge is 0.497 e. The summed E-state index contributed by atoms with van der Waals surface area (Å²) in [6, 6.07) is 11.3. The van der Waals surface area contributed by atoms with Crippen molar-refractivity contribution in [3.8, 4) is 22.8 Å². The van der Waals surface area contributed by atoms with E-state index in [9.17, 15) is 9.18 Å². The number of rotatable bonds is 5. The maximum atomic E-state index is 13.3. The predicted octanol–water partition coefficient (Wildman–Crippen LogP) is 4.21. The van der Waals surface area contributed by atoms with Crippen LogP contribution in [-0.2, 0) is 13.5 Å². The molecule has 1 heterocycles. The molecular weight excluding hydrogens is 379 g/mol. The van der Waals surface area contributed by atoms with E-state index in [0.717, 1.165) is 22.6 Å². The van der Waals surface area contributed by atoms with Crippen molar-refractivity contribution < 1.29 is 18.7 Å². The summed E-state index contributed by atoms with van der Waals surface area (Å²) < 4.78 is 25.6. The lowest BCUT2D eigenvalue weighted by Gasteiger charge is -2.06. The second kappa shape index (κ2) is 8.39. The summed E-state index contributed by atoms with van der Waals surface area (Å²) in [5.41, 5.74) is 2.20. The van der Waals surface area contributed by atoms with Crippen molar-refractivity contribution in [3.05, 3.63) is 63.5 Å². The lowest BCUT2D eigenvalue weighted by Crippen LogP contribution is -2.14. The molecular formula is C21H21FN2O3S. The molecule has 0 atom stereocenters. The zero-order valence-corrected chi connectivity index (χ0v) is 17.0. The van der Waals surface area contributed by atoms with Gasteiger partial charge in [0.1, 0.15) is 17.3 Å². The van der Waals surface area contributed by atoms with E-state index in [4.69, 9.17) is 9.47 Å². The summed E-state index contributed by atoms with van der Waals surface area (Å²) >= 11 is 1.45. The summed E-state index contributed by atoms with van der Waals surface area (Å²) in [6.45, 7) is 2.04. The minimum atomic E-state index is -0.387. The lowest BCUT2D eigenvalue weighted by molar-refractivity contribution is 0.0997. The molecule has 146 valence electrons. The van der Waals surface area contributed by atoms with E-state index in [1.54, 1.807) is 30.3 Å². The van der Waals surface area contributed by atoms with Gasteiger partial charge < -0.3 is 14.0 Å². The Kier molecular flexibility index (Phi) is 5.94. The minimum Gasteiger partial charge on any atom is -0.497 e. The Bertz CT molecular complexity index is 1050. The second-order valence-corrected chi connectivity index (χ2v) is 7.16. The van der Waals surface area contributed by atoms with E-state index >= 15 is 0 Å². The van der Waals surface area contributed by atoms with Gasteiger partial charge in [0, 0.05) is 23.6 Å². The van der Waals surface area contributed by atoms with Crippen molar-refractivity contribution in [2.45, 2.75) is 13.3 Å². The first-order chi connectivity index (χ1) is 13.5. The van der Waals surface area contributed by atoms with Crippen LogP contribution in [0, 0.1) is 5.82 Å². The average Bonchev–Trinajstić information content (AvgIpc) is 3.03. The van der Waals surface area contributed by atoms with Crippen LogP contribution >= 0.6 is 11.3 Å². The van der Waals surface area contributed by atoms with Gasteiger partial charge in [-0.2, -0.15) is 4.99 Å². The zero-order valence-electron chi connectivity index (χ0n) is 16.2. The third-order valence-corrected chi connectivity index (χ3v) is 5.61. The van der Waals surface area contributed by atoms with Gasteiger partial charge in [-0.15, -0.1) is 11.3 Å². The molecule has 0 saturated heterocycles. The molecule has 2 aromatic carbocycles. The molecule has 0 unspecified atom stereocenters. The van der Waals surface area contributed by atoms with E-state index in [2.05, 4.69) is 4.99 Å². The highest BCUT2D eigenvalue weighted by Crippen LogP contribution is 2.26. The summed E-state index contributed by atoms with van der Waals surface area (Å²) in [5.74, 6) is 0.374. The number of ether oxygens (including phenoxy) is 2. The van der Waals surface area contributed by atoms with Crippen LogP contribution in [0.15, 0.2) is 47.5 Å². The Hall–Kier alpha value is -2.93. The number of aryl methyl sites for hydroxylation is 1. The average molecular weight is 400 g/mol. The van der Waals surface area contributed by atoms with E-state index in [0.29, 0.717) is 21.9 Å². The van der Waals surface area contributed by atoms with Gasteiger partial charge in [0.05, 0.1) is 19.9 Å². The van der Waals surface area contributed by atoms with Crippen LogP contribution in [0.3, 0.4) is 0 Å². The highest BCUT2D eigenvalue weighted by molar-refractivity contribution is 7.09. The first-order valence-electron chi connectivity index (χ1n) is 8.73. The smallest absolute Gasteiger partial charge is 0.279 e. The Morgan fingerprint density at radius 2 is 1.71 bits per heavy atom. The molecule has 0 aliphatic heterocycles. The van der Waals surface area contributed by atoms with Gasteiger partial charge in [0.2, 0.25) is 0 Å². The molecule has 0 fully saturated rings. The Balaban J connectivity index is 2.08. The van der Waals surface area contributed by atoms with Crippen molar-refractivity contribution >= 4 is 17.2 Å². The summed E-state index contributed by atoms with van der Waals surface area (Å²) in [7, 11) is 4.91. The molecule has 3 rings (SSSR count). The van der Waals surface area contributed by atoms with Gasteiger partial charge in [-0.25, -0.2) is 4.39 Å². The quantitative estimate of drug-likeness (QED) is 0.645. The monoisotopic (exact) mass is 400 g/mol. The first kappa shape index (κ1) is 19.8. The number of nitrogens with zero attached hydrogens (tertiary/aromatic N) is 2. The van der Waals surface area contributed by atoms with Crippen molar-refractivity contribution in [1.82, 2.24) is 4.57 Å². The van der Waals surface area contributed by atoms with E-state index in [-0.39, 0.29) is 11.7 Å². The number of aromatic nitrogens is 1. The topological polar surface area (TPSA) is 52.8 Å². The van der Waals surface area contributed by atoms with Gasteiger partial charge in [0.15, 0.2) is 4.80 Å². The maximum Gasteiger partial charge on any atom is 0.279 e. The van der Waals surface area contributed by atoms with Crippen LogP contribution in [0.2, 0.25) is 0 Å². The number of carbonyl (C=O) groups excluding carboxylic acids is 1. The van der Waals surface area contributed by atoms with Crippen molar-refractivity contribution in [2.24, 2.45) is 12.0 Å². The fourth-order valence-corrected chi connectivity index (χ4v) is 3.96. The van der Waals surface area contributed by atoms with E-state index in [1.165, 1.54) is 37.7 Å². The number of carbonyl (C=O) groups is 1. The van der Waals surface area contributed by atoms with E-state index in [1.807, 2.05) is 18.5 Å². The van der Waals surface area contributed by atoms with Crippen LogP contribution in [0.25, 0.3) is 11.3 Å². The molecule has 5 nitrogen and oxygen atoms in total. The standard InChI is InChI=1S/C21H21FN2O3S/c1-5-18-19(13-6-8-15(22)9-7-13)24(2)21(28-18)23-20(25)14-10-16(26-3)12-17(11-14)27-4/h6-12H,5H2,1-4H3. The minimum absolute atomic E-state index is 0.285. The molecule has 0 saturated carbocycles. The molecule has 0 spiro atoms. The molecule has 3 aromatic rings. The highest BCUT2D eigenvalue weighted by atomic mass is 32.1. The molecule has 7 heteroatoms. The number of benzene rings is 2. The zero-order chi connectivity index (χ0) is 20.3. The predicted molar refractivity (Wildman–Crippen MR) is 108 cm³/mol. The van der Waals surface area contributed by atoms with Crippen LogP contribution in [0.5, 0.6) is 11.5 Å². The SMILES string of the molecule is CCc1sc(=NC(=O)c2cc(OC)cc(OC)c2)n(C)c1-c1ccc(F)cc1. The van der Waals surface area contributed by atoms with Crippen LogP contribution in [0.4, 0.5) is 4.39 Å². The van der Waals surface area contributed by atoms with Crippen molar-refractivity contribution in [1.29, 1.82) is 0 Å². The number of methoxy groups -OCH3 is 2. The lowest BCUT2D eigenvalue weighted by atomic mass is 10.1. The second-order valence-electron chi connectivity index (χ2n) is 6.09. The summed E-state index contributed by atoms with van der Waals surface area (Å²) in [5, 5.41) is 0. The highest BCUT2D eigenvalue weighted by Gasteiger charge is 2.14. The summed E-state index contributed by atoms with van der Waals surface area (Å²) in [6.07, 6.45) is 0.780. The fraction of sp³-hybridized carbons (Fsp3) is 0.238.